The molecule has 0 aliphatic rings. The summed E-state index contributed by atoms with van der Waals surface area (Å²) in [6, 6.07) is 34.6. The van der Waals surface area contributed by atoms with Crippen molar-refractivity contribution in [1.29, 1.82) is 0 Å². The molecule has 0 amide bonds. The van der Waals surface area contributed by atoms with Crippen molar-refractivity contribution in [3.8, 4) is 5.75 Å². The molecule has 0 aliphatic carbocycles. The molecule has 43 heavy (non-hydrogen) atoms. The van der Waals surface area contributed by atoms with Gasteiger partial charge in [0, 0.05) is 67.5 Å². The van der Waals surface area contributed by atoms with E-state index in [1.54, 1.807) is 7.11 Å². The van der Waals surface area contributed by atoms with E-state index < -0.39 is 0 Å². The third kappa shape index (κ3) is 6.65. The van der Waals surface area contributed by atoms with Gasteiger partial charge in [-0.05, 0) is 94.4 Å². The number of halogens is 1. The van der Waals surface area contributed by atoms with Gasteiger partial charge in [0.2, 0.25) is 0 Å². The SMILES string of the molecule is COc1ccc(C(CCN(C)N(C)CCC(c2cccc(Cl)c2)c2ccc3cc[nH]c3c2)c2ccc3cc[nH]c3c2)cc1. The summed E-state index contributed by atoms with van der Waals surface area (Å²) in [4.78, 5) is 6.76. The number of benzene rings is 4. The lowest BCUT2D eigenvalue weighted by Crippen LogP contribution is -2.39. The molecule has 0 bridgehead atoms. The summed E-state index contributed by atoms with van der Waals surface area (Å²) in [5.74, 6) is 1.38. The van der Waals surface area contributed by atoms with E-state index in [1.807, 2.05) is 18.5 Å². The first-order chi connectivity index (χ1) is 21.0. The van der Waals surface area contributed by atoms with Crippen molar-refractivity contribution < 1.29 is 4.74 Å². The van der Waals surface area contributed by atoms with Crippen molar-refractivity contribution >= 4 is 33.4 Å². The predicted octanol–water partition coefficient (Wildman–Crippen LogP) is 8.83. The van der Waals surface area contributed by atoms with Gasteiger partial charge < -0.3 is 14.7 Å². The van der Waals surface area contributed by atoms with Crippen molar-refractivity contribution in [1.82, 2.24) is 20.0 Å². The van der Waals surface area contributed by atoms with Gasteiger partial charge in [-0.2, -0.15) is 0 Å². The van der Waals surface area contributed by atoms with Crippen LogP contribution in [0.2, 0.25) is 5.02 Å². The van der Waals surface area contributed by atoms with E-state index in [4.69, 9.17) is 16.3 Å². The number of ether oxygens (including phenoxy) is 1. The van der Waals surface area contributed by atoms with Gasteiger partial charge in [-0.1, -0.05) is 60.1 Å². The first kappa shape index (κ1) is 29.1. The summed E-state index contributed by atoms with van der Waals surface area (Å²) < 4.78 is 5.44. The summed E-state index contributed by atoms with van der Waals surface area (Å²) in [5, 5.41) is 7.94. The zero-order chi connectivity index (χ0) is 29.8. The van der Waals surface area contributed by atoms with Crippen LogP contribution in [0.25, 0.3) is 21.8 Å². The molecule has 0 saturated carbocycles. The number of fused-ring (bicyclic) bond motifs is 2. The Kier molecular flexibility index (Phi) is 8.85. The number of nitrogens with one attached hydrogen (secondary N) is 2. The quantitative estimate of drug-likeness (QED) is 0.140. The molecule has 5 nitrogen and oxygen atoms in total. The van der Waals surface area contributed by atoms with E-state index in [0.29, 0.717) is 0 Å². The van der Waals surface area contributed by atoms with Gasteiger partial charge in [0.15, 0.2) is 0 Å². The van der Waals surface area contributed by atoms with E-state index in [-0.39, 0.29) is 11.8 Å². The van der Waals surface area contributed by atoms with Crippen LogP contribution >= 0.6 is 11.6 Å². The molecule has 6 rings (SSSR count). The number of hydrogen-bond donors (Lipinski definition) is 2. The number of nitrogens with zero attached hydrogens (tertiary/aromatic N) is 2. The van der Waals surface area contributed by atoms with E-state index in [1.165, 1.54) is 38.5 Å². The van der Waals surface area contributed by atoms with Gasteiger partial charge in [-0.25, -0.2) is 10.0 Å². The van der Waals surface area contributed by atoms with E-state index in [0.717, 1.165) is 42.2 Å². The van der Waals surface area contributed by atoms with Crippen LogP contribution in [-0.4, -0.2) is 54.3 Å². The lowest BCUT2D eigenvalue weighted by Gasteiger charge is -2.31. The van der Waals surface area contributed by atoms with Crippen molar-refractivity contribution in [2.75, 3.05) is 34.3 Å². The standard InChI is InChI=1S/C37H39ClN4O/c1-41(21-17-34(26-11-13-33(43-3)14-12-26)30-9-7-27-15-19-39-36(27)24-30)42(2)22-18-35(29-5-4-6-32(38)23-29)31-10-8-28-16-20-40-37(28)25-31/h4-16,19-20,23-25,34-35,39-40H,17-18,21-22H2,1-3H3. The van der Waals surface area contributed by atoms with Crippen LogP contribution in [0, 0.1) is 0 Å². The maximum atomic E-state index is 6.45. The minimum absolute atomic E-state index is 0.238. The number of methoxy groups -OCH3 is 1. The van der Waals surface area contributed by atoms with Gasteiger partial charge in [0.1, 0.15) is 5.75 Å². The van der Waals surface area contributed by atoms with E-state index >= 15 is 0 Å². The molecule has 0 aliphatic heterocycles. The normalized spacial score (nSPS) is 13.3. The molecule has 6 heteroatoms. The molecule has 2 heterocycles. The third-order valence-corrected chi connectivity index (χ3v) is 9.03. The fourth-order valence-corrected chi connectivity index (χ4v) is 6.35. The first-order valence-electron chi connectivity index (χ1n) is 14.9. The lowest BCUT2D eigenvalue weighted by atomic mass is 9.87. The number of aromatic amines is 2. The predicted molar refractivity (Wildman–Crippen MR) is 179 cm³/mol. The average Bonchev–Trinajstić information content (AvgIpc) is 3.70. The van der Waals surface area contributed by atoms with Crippen LogP contribution in [0.4, 0.5) is 0 Å². The highest BCUT2D eigenvalue weighted by molar-refractivity contribution is 6.30. The van der Waals surface area contributed by atoms with Crippen molar-refractivity contribution in [3.63, 3.8) is 0 Å². The van der Waals surface area contributed by atoms with Crippen LogP contribution in [0.3, 0.4) is 0 Å². The highest BCUT2D eigenvalue weighted by atomic mass is 35.5. The number of rotatable bonds is 12. The third-order valence-electron chi connectivity index (χ3n) is 8.80. The smallest absolute Gasteiger partial charge is 0.118 e. The molecule has 0 fully saturated rings. The summed E-state index contributed by atoms with van der Waals surface area (Å²) in [6.07, 6.45) is 5.97. The molecule has 4 aromatic carbocycles. The molecule has 2 unspecified atom stereocenters. The topological polar surface area (TPSA) is 47.3 Å². The molecule has 0 saturated heterocycles. The summed E-state index contributed by atoms with van der Waals surface area (Å²) >= 11 is 6.45. The molecular weight excluding hydrogens is 552 g/mol. The number of hydrogen-bond acceptors (Lipinski definition) is 3. The maximum Gasteiger partial charge on any atom is 0.118 e. The Labute approximate surface area is 259 Å². The van der Waals surface area contributed by atoms with Gasteiger partial charge in [-0.15, -0.1) is 0 Å². The van der Waals surface area contributed by atoms with Gasteiger partial charge >= 0.3 is 0 Å². The van der Waals surface area contributed by atoms with Gasteiger partial charge in [-0.3, -0.25) is 0 Å². The lowest BCUT2D eigenvalue weighted by molar-refractivity contribution is 0.0233. The van der Waals surface area contributed by atoms with Crippen molar-refractivity contribution in [3.05, 3.63) is 137 Å². The summed E-state index contributed by atoms with van der Waals surface area (Å²) in [5.41, 5.74) is 7.49. The molecule has 0 spiro atoms. The zero-order valence-electron chi connectivity index (χ0n) is 25.1. The average molecular weight is 591 g/mol. The second-order valence-electron chi connectivity index (χ2n) is 11.4. The first-order valence-corrected chi connectivity index (χ1v) is 15.3. The van der Waals surface area contributed by atoms with Crippen LogP contribution in [0.1, 0.15) is 46.9 Å². The Hall–Kier alpha value is -4.03. The fraction of sp³-hybridized carbons (Fsp3) is 0.243. The van der Waals surface area contributed by atoms with Crippen molar-refractivity contribution in [2.24, 2.45) is 0 Å². The molecule has 2 N–H and O–H groups in total. The van der Waals surface area contributed by atoms with E-state index in [9.17, 15) is 0 Å². The molecule has 2 atom stereocenters. The Bertz CT molecular complexity index is 1790. The molecule has 0 radical (unpaired) electrons. The monoisotopic (exact) mass is 590 g/mol. The summed E-state index contributed by atoms with van der Waals surface area (Å²) in [6.45, 7) is 1.84. The van der Waals surface area contributed by atoms with Crippen LogP contribution in [0.5, 0.6) is 5.75 Å². The fourth-order valence-electron chi connectivity index (χ4n) is 6.15. The highest BCUT2D eigenvalue weighted by Crippen LogP contribution is 2.33. The van der Waals surface area contributed by atoms with Crippen LogP contribution < -0.4 is 4.74 Å². The number of hydrazine groups is 1. The Morgan fingerprint density at radius 1 is 0.628 bits per heavy atom. The maximum absolute atomic E-state index is 6.45. The Morgan fingerprint density at radius 3 is 1.67 bits per heavy atom. The Balaban J connectivity index is 1.17. The van der Waals surface area contributed by atoms with Gasteiger partial charge in [0.25, 0.3) is 0 Å². The van der Waals surface area contributed by atoms with Crippen LogP contribution in [-0.2, 0) is 0 Å². The van der Waals surface area contributed by atoms with E-state index in [2.05, 4.69) is 125 Å². The molecular formula is C37H39ClN4O. The minimum Gasteiger partial charge on any atom is -0.497 e. The summed E-state index contributed by atoms with van der Waals surface area (Å²) in [7, 11) is 6.10. The number of aromatic nitrogens is 2. The van der Waals surface area contributed by atoms with Crippen molar-refractivity contribution in [2.45, 2.75) is 24.7 Å². The minimum atomic E-state index is 0.238. The molecule has 6 aromatic rings. The number of H-pyrrole nitrogens is 2. The molecule has 220 valence electrons. The second-order valence-corrected chi connectivity index (χ2v) is 11.9. The highest BCUT2D eigenvalue weighted by Gasteiger charge is 2.20. The van der Waals surface area contributed by atoms with Crippen LogP contribution in [0.15, 0.2) is 109 Å². The second kappa shape index (κ2) is 13.1. The zero-order valence-corrected chi connectivity index (χ0v) is 25.8. The largest absolute Gasteiger partial charge is 0.497 e. The van der Waals surface area contributed by atoms with Gasteiger partial charge in [0.05, 0.1) is 7.11 Å². The molecule has 2 aromatic heterocycles. The Morgan fingerprint density at radius 2 is 1.14 bits per heavy atom.